The van der Waals surface area contributed by atoms with Crippen molar-refractivity contribution in [3.05, 3.63) is 23.8 Å². The summed E-state index contributed by atoms with van der Waals surface area (Å²) in [6.07, 6.45) is 3.59. The molecule has 1 aliphatic heterocycles. The summed E-state index contributed by atoms with van der Waals surface area (Å²) in [5, 5.41) is 0. The number of hydrogen-bond donors (Lipinski definition) is 0. The average molecular weight is 490 g/mol. The van der Waals surface area contributed by atoms with Crippen molar-refractivity contribution in [2.24, 2.45) is 28.6 Å². The van der Waals surface area contributed by atoms with Gasteiger partial charge in [-0.05, 0) is 56.6 Å². The minimum atomic E-state index is -3.36. The van der Waals surface area contributed by atoms with E-state index in [0.717, 1.165) is 5.57 Å². The first-order valence-electron chi connectivity index (χ1n) is 15.0. The molecule has 5 aliphatic rings. The first-order valence-corrected chi connectivity index (χ1v) is 12.5. The zero-order chi connectivity index (χ0) is 29.7. The Morgan fingerprint density at radius 1 is 1.26 bits per heavy atom. The van der Waals surface area contributed by atoms with E-state index >= 15 is 0 Å². The number of rotatable bonds is 6. The number of epoxide rings is 1. The molecule has 0 aromatic carbocycles. The molecule has 190 valence electrons. The van der Waals surface area contributed by atoms with Crippen LogP contribution < -0.4 is 0 Å². The Hall–Kier alpha value is -2.28. The lowest BCUT2D eigenvalue weighted by Crippen LogP contribution is -2.63. The molecule has 35 heavy (non-hydrogen) atoms. The Morgan fingerprint density at radius 3 is 2.74 bits per heavy atom. The fourth-order valence-electron chi connectivity index (χ4n) is 8.36. The topological polar surface area (TPSA) is 99.3 Å². The smallest absolute Gasteiger partial charge is 0.306 e. The van der Waals surface area contributed by atoms with Crippen LogP contribution >= 0.6 is 0 Å². The minimum absolute atomic E-state index is 0.0298. The summed E-state index contributed by atoms with van der Waals surface area (Å²) in [7, 11) is 0. The number of Topliss-reactive ketones (excluding diaryl/α,β-unsaturated/α-hetero) is 1. The van der Waals surface area contributed by atoms with E-state index in [4.69, 9.17) is 21.1 Å². The Bertz CT molecular complexity index is 1240. The Balaban J connectivity index is 1.58. The van der Waals surface area contributed by atoms with Gasteiger partial charge in [-0.3, -0.25) is 19.2 Å². The van der Waals surface area contributed by atoms with Crippen LogP contribution in [0.1, 0.15) is 79.9 Å². The number of esters is 2. The van der Waals surface area contributed by atoms with Crippen LogP contribution in [0.15, 0.2) is 23.8 Å². The van der Waals surface area contributed by atoms with Crippen molar-refractivity contribution in [3.8, 4) is 0 Å². The maximum absolute atomic E-state index is 14.1. The molecule has 7 heteroatoms. The van der Waals surface area contributed by atoms with Gasteiger partial charge in [0.25, 0.3) is 0 Å². The van der Waals surface area contributed by atoms with Crippen molar-refractivity contribution >= 4 is 23.5 Å². The molecule has 1 heterocycles. The van der Waals surface area contributed by atoms with Crippen LogP contribution in [0.3, 0.4) is 0 Å². The summed E-state index contributed by atoms with van der Waals surface area (Å²) < 4.78 is 56.4. The van der Waals surface area contributed by atoms with E-state index in [1.807, 2.05) is 13.0 Å². The molecule has 4 fully saturated rings. The van der Waals surface area contributed by atoms with E-state index < -0.39 is 65.5 Å². The lowest BCUT2D eigenvalue weighted by Gasteiger charge is -2.56. The Kier molecular flexibility index (Phi) is 4.25. The number of carbonyl (C=O) groups is 4. The molecule has 8 atom stereocenters. The van der Waals surface area contributed by atoms with Crippen LogP contribution in [0, 0.1) is 28.6 Å². The summed E-state index contributed by atoms with van der Waals surface area (Å²) in [4.78, 5) is 51.5. The number of ketones is 2. The van der Waals surface area contributed by atoms with Gasteiger partial charge >= 0.3 is 11.9 Å². The van der Waals surface area contributed by atoms with E-state index in [1.54, 1.807) is 26.0 Å². The van der Waals surface area contributed by atoms with Crippen LogP contribution in [0.2, 0.25) is 0 Å². The molecule has 1 saturated heterocycles. The normalized spacial score (nSPS) is 47.7. The Labute approximate surface area is 213 Å². The van der Waals surface area contributed by atoms with Gasteiger partial charge < -0.3 is 14.2 Å². The zero-order valence-corrected chi connectivity index (χ0v) is 20.6. The van der Waals surface area contributed by atoms with Crippen LogP contribution in [0.5, 0.6) is 0 Å². The standard InChI is InChI=1S/C28H36O7/c1-6-23(31)33-15-21(30)27(35-24(32)7-2)16(3)12-20-19-9-8-17-13-18(29)10-11-25(17,4)28(19)22(34-28)14-26(20,27)5/h10-11,13,16,19-20,22H,6-9,12,14-15H2,1-5H3/t16-,19-,20-,22-,25-,26-,27-,28+/m0/s1/i2D3,7D2. The van der Waals surface area contributed by atoms with E-state index in [-0.39, 0.29) is 30.1 Å². The molecule has 0 aromatic rings. The first-order chi connectivity index (χ1) is 18.4. The number of hydrogen-bond acceptors (Lipinski definition) is 7. The molecule has 1 spiro atoms. The van der Waals surface area contributed by atoms with Gasteiger partial charge in [0.2, 0.25) is 5.78 Å². The lowest BCUT2D eigenvalue weighted by molar-refractivity contribution is -0.194. The summed E-state index contributed by atoms with van der Waals surface area (Å²) in [6, 6.07) is 0. The second-order valence-electron chi connectivity index (χ2n) is 11.2. The number of allylic oxidation sites excluding steroid dienone is 2. The quantitative estimate of drug-likeness (QED) is 0.412. The molecular formula is C28H36O7. The summed E-state index contributed by atoms with van der Waals surface area (Å²) in [5.74, 6) is -3.90. The van der Waals surface area contributed by atoms with E-state index in [1.165, 1.54) is 0 Å². The number of ether oxygens (including phenoxy) is 3. The van der Waals surface area contributed by atoms with Gasteiger partial charge in [-0.2, -0.15) is 0 Å². The van der Waals surface area contributed by atoms with E-state index in [9.17, 15) is 19.2 Å². The molecule has 4 aliphatic carbocycles. The molecule has 0 N–H and O–H groups in total. The molecule has 0 amide bonds. The van der Waals surface area contributed by atoms with Gasteiger partial charge in [0.05, 0.1) is 6.10 Å². The van der Waals surface area contributed by atoms with Crippen LogP contribution in [-0.2, 0) is 33.4 Å². The van der Waals surface area contributed by atoms with Gasteiger partial charge in [-0.25, -0.2) is 0 Å². The third-order valence-electron chi connectivity index (χ3n) is 9.90. The largest absolute Gasteiger partial charge is 0.457 e. The third kappa shape index (κ3) is 3.00. The van der Waals surface area contributed by atoms with Crippen molar-refractivity contribution < 1.29 is 40.2 Å². The third-order valence-corrected chi connectivity index (χ3v) is 9.90. The SMILES string of the molecule is [2H]C([2H])([2H])C([2H])([2H])C(=O)O[C@]1(C(=O)COC(=O)CC)[C@@H](C)C[C@H]2[C@@H]3CCC4=CC(=O)C=C[C@]4(C)[C@@]34O[C@H]4C[C@@]21C. The minimum Gasteiger partial charge on any atom is -0.457 e. The van der Waals surface area contributed by atoms with Crippen molar-refractivity contribution in [2.75, 3.05) is 6.61 Å². The fourth-order valence-corrected chi connectivity index (χ4v) is 8.36. The van der Waals surface area contributed by atoms with Crippen molar-refractivity contribution in [3.63, 3.8) is 0 Å². The van der Waals surface area contributed by atoms with Gasteiger partial charge in [0.15, 0.2) is 18.0 Å². The highest BCUT2D eigenvalue weighted by Gasteiger charge is 2.83. The van der Waals surface area contributed by atoms with E-state index in [0.29, 0.717) is 25.7 Å². The molecule has 7 nitrogen and oxygen atoms in total. The van der Waals surface area contributed by atoms with Crippen LogP contribution in [0.4, 0.5) is 0 Å². The number of fused-ring (bicyclic) bond motifs is 3. The molecule has 3 saturated carbocycles. The highest BCUT2D eigenvalue weighted by molar-refractivity contribution is 6.01. The van der Waals surface area contributed by atoms with Crippen LogP contribution in [-0.4, -0.2) is 47.4 Å². The van der Waals surface area contributed by atoms with Gasteiger partial charge in [-0.15, -0.1) is 0 Å². The summed E-state index contributed by atoms with van der Waals surface area (Å²) >= 11 is 0. The predicted molar refractivity (Wildman–Crippen MR) is 126 cm³/mol. The second kappa shape index (κ2) is 7.86. The predicted octanol–water partition coefficient (Wildman–Crippen LogP) is 3.89. The monoisotopic (exact) mass is 489 g/mol. The van der Waals surface area contributed by atoms with Crippen molar-refractivity contribution in [1.82, 2.24) is 0 Å². The zero-order valence-electron chi connectivity index (χ0n) is 25.6. The first kappa shape index (κ1) is 18.9. The summed E-state index contributed by atoms with van der Waals surface area (Å²) in [5.41, 5.74) is -3.08. The molecule has 5 rings (SSSR count). The van der Waals surface area contributed by atoms with Gasteiger partial charge in [-0.1, -0.05) is 39.3 Å². The van der Waals surface area contributed by atoms with Crippen molar-refractivity contribution in [2.45, 2.75) is 90.3 Å². The van der Waals surface area contributed by atoms with E-state index in [2.05, 4.69) is 6.92 Å². The molecular weight excluding hydrogens is 448 g/mol. The lowest BCUT2D eigenvalue weighted by atomic mass is 9.46. The highest BCUT2D eigenvalue weighted by Crippen LogP contribution is 2.77. The molecule has 0 radical (unpaired) electrons. The fraction of sp³-hybridized carbons (Fsp3) is 0.714. The maximum atomic E-state index is 14.1. The molecule has 0 unspecified atom stereocenters. The Morgan fingerprint density at radius 2 is 2.03 bits per heavy atom. The number of carbonyl (C=O) groups excluding carboxylic acids is 4. The van der Waals surface area contributed by atoms with Crippen LogP contribution in [0.25, 0.3) is 0 Å². The average Bonchev–Trinajstić information content (AvgIpc) is 3.54. The van der Waals surface area contributed by atoms with Crippen molar-refractivity contribution in [1.29, 1.82) is 0 Å². The molecule has 0 bridgehead atoms. The maximum Gasteiger partial charge on any atom is 0.306 e. The van der Waals surface area contributed by atoms with Gasteiger partial charge in [0, 0.05) is 36.4 Å². The highest BCUT2D eigenvalue weighted by atomic mass is 16.6. The second-order valence-corrected chi connectivity index (χ2v) is 11.2. The summed E-state index contributed by atoms with van der Waals surface area (Å²) in [6.45, 7) is 3.22. The van der Waals surface area contributed by atoms with Gasteiger partial charge in [0.1, 0.15) is 5.60 Å². The molecule has 0 aromatic heterocycles.